The van der Waals surface area contributed by atoms with Gasteiger partial charge in [-0.1, -0.05) is 111 Å². The first kappa shape index (κ1) is 26.3. The minimum atomic E-state index is 0.498. The second kappa shape index (κ2) is 11.3. The minimum Gasteiger partial charge on any atom is -0.493 e. The highest BCUT2D eigenvalue weighted by molar-refractivity contribution is 7.14. The fraction of sp³-hybridized carbons (Fsp3) is 0.100. The van der Waals surface area contributed by atoms with Crippen LogP contribution >= 0.6 is 11.3 Å². The van der Waals surface area contributed by atoms with E-state index in [1.165, 1.54) is 65.4 Å². The Morgan fingerprint density at radius 1 is 0.524 bits per heavy atom. The topological polar surface area (TPSA) is 9.23 Å². The van der Waals surface area contributed by atoms with Crippen LogP contribution in [0.3, 0.4) is 0 Å². The van der Waals surface area contributed by atoms with Crippen LogP contribution in [0.5, 0.6) is 5.75 Å². The Morgan fingerprint density at radius 2 is 1.07 bits per heavy atom. The lowest BCUT2D eigenvalue weighted by atomic mass is 9.90. The molecule has 0 aliphatic carbocycles. The van der Waals surface area contributed by atoms with Crippen molar-refractivity contribution >= 4 is 32.9 Å². The molecule has 42 heavy (non-hydrogen) atoms. The second-order valence-electron chi connectivity index (χ2n) is 11.2. The van der Waals surface area contributed by atoms with Gasteiger partial charge in [0.1, 0.15) is 5.75 Å². The maximum atomic E-state index is 5.96. The maximum absolute atomic E-state index is 5.96. The Labute approximate surface area is 251 Å². The van der Waals surface area contributed by atoms with Crippen molar-refractivity contribution in [2.24, 2.45) is 5.92 Å². The molecule has 7 aromatic rings. The zero-order valence-corrected chi connectivity index (χ0v) is 24.7. The van der Waals surface area contributed by atoms with Crippen LogP contribution < -0.4 is 4.74 Å². The third-order valence-electron chi connectivity index (χ3n) is 7.81. The van der Waals surface area contributed by atoms with E-state index in [0.29, 0.717) is 5.92 Å². The smallest absolute Gasteiger partial charge is 0.119 e. The molecule has 6 aromatic carbocycles. The van der Waals surface area contributed by atoms with E-state index in [1.54, 1.807) is 11.3 Å². The summed E-state index contributed by atoms with van der Waals surface area (Å²) < 4.78 is 5.96. The number of hydrogen-bond donors (Lipinski definition) is 0. The van der Waals surface area contributed by atoms with Gasteiger partial charge in [0.2, 0.25) is 0 Å². The molecule has 1 aromatic heterocycles. The van der Waals surface area contributed by atoms with E-state index in [1.807, 2.05) is 0 Å². The van der Waals surface area contributed by atoms with Crippen LogP contribution in [0.2, 0.25) is 0 Å². The molecule has 0 saturated carbocycles. The molecular formula is C40H32OS. The molecular weight excluding hydrogens is 529 g/mol. The first-order valence-electron chi connectivity index (χ1n) is 14.6. The molecule has 1 heterocycles. The third kappa shape index (κ3) is 5.11. The Bertz CT molecular complexity index is 1900. The summed E-state index contributed by atoms with van der Waals surface area (Å²) in [6.07, 6.45) is 0. The largest absolute Gasteiger partial charge is 0.493 e. The van der Waals surface area contributed by atoms with Gasteiger partial charge in [0.25, 0.3) is 0 Å². The van der Waals surface area contributed by atoms with Crippen molar-refractivity contribution in [2.45, 2.75) is 13.8 Å². The van der Waals surface area contributed by atoms with Crippen molar-refractivity contribution in [3.05, 3.63) is 139 Å². The van der Waals surface area contributed by atoms with E-state index < -0.39 is 0 Å². The summed E-state index contributed by atoms with van der Waals surface area (Å²) in [6.45, 7) is 5.07. The average Bonchev–Trinajstić information content (AvgIpc) is 3.53. The number of thiophene rings is 1. The molecule has 0 spiro atoms. The molecule has 0 N–H and O–H groups in total. The Morgan fingerprint density at radius 3 is 1.67 bits per heavy atom. The second-order valence-corrected chi connectivity index (χ2v) is 12.2. The Balaban J connectivity index is 1.40. The lowest BCUT2D eigenvalue weighted by Crippen LogP contribution is -2.04. The van der Waals surface area contributed by atoms with Crippen molar-refractivity contribution in [1.29, 1.82) is 0 Å². The number of benzene rings is 6. The molecule has 204 valence electrons. The van der Waals surface area contributed by atoms with Crippen LogP contribution in [0.1, 0.15) is 13.8 Å². The van der Waals surface area contributed by atoms with E-state index in [-0.39, 0.29) is 0 Å². The van der Waals surface area contributed by atoms with Crippen LogP contribution in [0.15, 0.2) is 139 Å². The molecule has 0 radical (unpaired) electrons. The molecule has 0 aliphatic heterocycles. The third-order valence-corrected chi connectivity index (χ3v) is 8.77. The summed E-state index contributed by atoms with van der Waals surface area (Å²) in [5.41, 5.74) is 8.63. The van der Waals surface area contributed by atoms with Gasteiger partial charge in [-0.15, -0.1) is 11.3 Å². The molecule has 0 atom stereocenters. The molecule has 1 nitrogen and oxygen atoms in total. The van der Waals surface area contributed by atoms with Gasteiger partial charge in [0, 0.05) is 10.4 Å². The van der Waals surface area contributed by atoms with Crippen LogP contribution in [0.25, 0.3) is 65.4 Å². The molecule has 0 saturated heterocycles. The molecule has 0 fully saturated rings. The monoisotopic (exact) mass is 560 g/mol. The van der Waals surface area contributed by atoms with Gasteiger partial charge in [-0.25, -0.2) is 0 Å². The molecule has 0 unspecified atom stereocenters. The van der Waals surface area contributed by atoms with Crippen molar-refractivity contribution in [2.75, 3.05) is 6.61 Å². The summed E-state index contributed by atoms with van der Waals surface area (Å²) in [7, 11) is 0. The fourth-order valence-corrected chi connectivity index (χ4v) is 6.68. The standard InChI is InChI=1S/C40H32OS/c1-27(2)26-41-34-19-17-30(18-20-34)39-21-22-42-40(39)33-24-31(37-15-7-11-28-9-3-5-13-35(28)37)23-32(25-33)38-16-8-12-29-10-4-6-14-36(29)38/h3-25,27H,26H2,1-2H3. The highest BCUT2D eigenvalue weighted by Crippen LogP contribution is 2.42. The van der Waals surface area contributed by atoms with Gasteiger partial charge in [0.15, 0.2) is 0 Å². The zero-order chi connectivity index (χ0) is 28.5. The van der Waals surface area contributed by atoms with Gasteiger partial charge < -0.3 is 4.74 Å². The first-order chi connectivity index (χ1) is 20.6. The molecule has 2 heteroatoms. The highest BCUT2D eigenvalue weighted by atomic mass is 32.1. The number of ether oxygens (including phenoxy) is 1. The van der Waals surface area contributed by atoms with Crippen molar-refractivity contribution in [1.82, 2.24) is 0 Å². The molecule has 0 amide bonds. The molecule has 7 rings (SSSR count). The summed E-state index contributed by atoms with van der Waals surface area (Å²) in [5.74, 6) is 1.42. The van der Waals surface area contributed by atoms with Crippen LogP contribution in [-0.2, 0) is 0 Å². The predicted molar refractivity (Wildman–Crippen MR) is 181 cm³/mol. The zero-order valence-electron chi connectivity index (χ0n) is 23.9. The van der Waals surface area contributed by atoms with Gasteiger partial charge in [-0.3, -0.25) is 0 Å². The normalized spacial score (nSPS) is 11.4. The van der Waals surface area contributed by atoms with E-state index in [9.17, 15) is 0 Å². The fourth-order valence-electron chi connectivity index (χ4n) is 5.78. The van der Waals surface area contributed by atoms with Gasteiger partial charge in [-0.05, 0) is 103 Å². The van der Waals surface area contributed by atoms with E-state index in [0.717, 1.165) is 12.4 Å². The number of rotatable bonds is 7. The van der Waals surface area contributed by atoms with Crippen LogP contribution in [0.4, 0.5) is 0 Å². The van der Waals surface area contributed by atoms with Crippen molar-refractivity contribution < 1.29 is 4.74 Å². The summed E-state index contributed by atoms with van der Waals surface area (Å²) in [4.78, 5) is 1.27. The number of fused-ring (bicyclic) bond motifs is 2. The number of hydrogen-bond acceptors (Lipinski definition) is 2. The highest BCUT2D eigenvalue weighted by Gasteiger charge is 2.15. The van der Waals surface area contributed by atoms with Gasteiger partial charge in [-0.2, -0.15) is 0 Å². The minimum absolute atomic E-state index is 0.498. The lowest BCUT2D eigenvalue weighted by Gasteiger charge is -2.15. The quantitative estimate of drug-likeness (QED) is 0.188. The first-order valence-corrected chi connectivity index (χ1v) is 15.4. The SMILES string of the molecule is CC(C)COc1ccc(-c2ccsc2-c2cc(-c3cccc4ccccc34)cc(-c3cccc4ccccc34)c2)cc1. The van der Waals surface area contributed by atoms with E-state index >= 15 is 0 Å². The molecule has 0 aliphatic rings. The van der Waals surface area contributed by atoms with Gasteiger partial charge >= 0.3 is 0 Å². The summed E-state index contributed by atoms with van der Waals surface area (Å²) >= 11 is 1.80. The van der Waals surface area contributed by atoms with Crippen molar-refractivity contribution in [3.8, 4) is 49.6 Å². The van der Waals surface area contributed by atoms with Gasteiger partial charge in [0.05, 0.1) is 6.61 Å². The van der Waals surface area contributed by atoms with Crippen molar-refractivity contribution in [3.63, 3.8) is 0 Å². The van der Waals surface area contributed by atoms with E-state index in [2.05, 4.69) is 153 Å². The Hall–Kier alpha value is -4.66. The average molecular weight is 561 g/mol. The van der Waals surface area contributed by atoms with Crippen LogP contribution in [0, 0.1) is 5.92 Å². The summed E-state index contributed by atoms with van der Waals surface area (Å²) in [5, 5.41) is 7.25. The summed E-state index contributed by atoms with van der Waals surface area (Å²) in [6, 6.07) is 48.4. The lowest BCUT2D eigenvalue weighted by molar-refractivity contribution is 0.271. The van der Waals surface area contributed by atoms with Crippen LogP contribution in [-0.4, -0.2) is 6.61 Å². The molecule has 0 bridgehead atoms. The Kier molecular flexibility index (Phi) is 7.07. The maximum Gasteiger partial charge on any atom is 0.119 e. The predicted octanol–water partition coefficient (Wildman–Crippen LogP) is 11.8. The van der Waals surface area contributed by atoms with E-state index in [4.69, 9.17) is 4.74 Å².